The van der Waals surface area contributed by atoms with Gasteiger partial charge in [0.25, 0.3) is 0 Å². The van der Waals surface area contributed by atoms with Crippen LogP contribution < -0.4 is 10.6 Å². The molecule has 108 valence electrons. The highest BCUT2D eigenvalue weighted by Crippen LogP contribution is 2.08. The molecule has 0 aromatic carbocycles. The van der Waals surface area contributed by atoms with Crippen molar-refractivity contribution in [2.45, 2.75) is 27.2 Å². The third-order valence-corrected chi connectivity index (χ3v) is 2.48. The molecule has 0 spiro atoms. The minimum Gasteiger partial charge on any atom is -0.380 e. The zero-order valence-electron chi connectivity index (χ0n) is 11.7. The number of hydrogen-bond acceptors (Lipinski definition) is 6. The Morgan fingerprint density at radius 1 is 1.11 bits per heavy atom. The largest absolute Gasteiger partial charge is 0.380 e. The van der Waals surface area contributed by atoms with Gasteiger partial charge in [0, 0.05) is 19.7 Å². The molecule has 6 nitrogen and oxygen atoms in total. The topological polar surface area (TPSA) is 72.0 Å². The van der Waals surface area contributed by atoms with E-state index in [1.165, 1.54) is 0 Å². The molecule has 0 aliphatic heterocycles. The van der Waals surface area contributed by atoms with E-state index in [1.807, 2.05) is 6.92 Å². The molecule has 0 radical (unpaired) electrons. The summed E-state index contributed by atoms with van der Waals surface area (Å²) in [7, 11) is 0. The summed E-state index contributed by atoms with van der Waals surface area (Å²) in [6.07, 6.45) is 1.07. The van der Waals surface area contributed by atoms with Gasteiger partial charge in [-0.1, -0.05) is 13.8 Å². The van der Waals surface area contributed by atoms with Gasteiger partial charge >= 0.3 is 0 Å². The van der Waals surface area contributed by atoms with Crippen molar-refractivity contribution < 1.29 is 4.74 Å². The smallest absolute Gasteiger partial charge is 0.228 e. The summed E-state index contributed by atoms with van der Waals surface area (Å²) >= 11 is 5.81. The molecule has 1 aromatic rings. The van der Waals surface area contributed by atoms with Crippen LogP contribution in [0.1, 0.15) is 27.2 Å². The molecule has 0 aliphatic rings. The first-order chi connectivity index (χ1) is 9.11. The van der Waals surface area contributed by atoms with Crippen molar-refractivity contribution in [3.05, 3.63) is 5.28 Å². The van der Waals surface area contributed by atoms with Gasteiger partial charge in [-0.05, 0) is 30.9 Å². The third-order valence-electron chi connectivity index (χ3n) is 2.31. The summed E-state index contributed by atoms with van der Waals surface area (Å²) in [5.41, 5.74) is 0. The fourth-order valence-corrected chi connectivity index (χ4v) is 1.48. The van der Waals surface area contributed by atoms with Gasteiger partial charge in [-0.25, -0.2) is 0 Å². The second-order valence-corrected chi connectivity index (χ2v) is 4.84. The summed E-state index contributed by atoms with van der Waals surface area (Å²) in [5.74, 6) is 1.60. The molecule has 0 unspecified atom stereocenters. The minimum absolute atomic E-state index is 0.175. The molecule has 1 heterocycles. The van der Waals surface area contributed by atoms with Crippen LogP contribution in [0.5, 0.6) is 0 Å². The van der Waals surface area contributed by atoms with E-state index in [0.29, 0.717) is 31.0 Å². The van der Waals surface area contributed by atoms with Gasteiger partial charge in [0.1, 0.15) is 0 Å². The van der Waals surface area contributed by atoms with E-state index in [9.17, 15) is 0 Å². The fourth-order valence-electron chi connectivity index (χ4n) is 1.32. The molecule has 7 heteroatoms. The molecule has 0 saturated heterocycles. The average molecular weight is 288 g/mol. The number of halogens is 1. The Bertz CT molecular complexity index is 375. The molecule has 1 rings (SSSR count). The number of aromatic nitrogens is 3. The Hall–Kier alpha value is -1.14. The van der Waals surface area contributed by atoms with Crippen molar-refractivity contribution in [3.8, 4) is 0 Å². The second kappa shape index (κ2) is 8.87. The predicted molar refractivity (Wildman–Crippen MR) is 77.8 cm³/mol. The van der Waals surface area contributed by atoms with Crippen LogP contribution in [0.4, 0.5) is 11.9 Å². The lowest BCUT2D eigenvalue weighted by Gasteiger charge is -2.08. The first-order valence-corrected chi connectivity index (χ1v) is 6.96. The molecule has 19 heavy (non-hydrogen) atoms. The van der Waals surface area contributed by atoms with E-state index < -0.39 is 0 Å². The van der Waals surface area contributed by atoms with Gasteiger partial charge in [-0.3, -0.25) is 0 Å². The number of rotatable bonds is 9. The van der Waals surface area contributed by atoms with Gasteiger partial charge in [-0.15, -0.1) is 0 Å². The van der Waals surface area contributed by atoms with Gasteiger partial charge < -0.3 is 15.4 Å². The Balaban J connectivity index is 2.28. The maximum absolute atomic E-state index is 5.81. The van der Waals surface area contributed by atoms with E-state index in [2.05, 4.69) is 39.4 Å². The van der Waals surface area contributed by atoms with Gasteiger partial charge in [-0.2, -0.15) is 15.0 Å². The van der Waals surface area contributed by atoms with Gasteiger partial charge in [0.15, 0.2) is 0 Å². The van der Waals surface area contributed by atoms with Crippen molar-refractivity contribution >= 4 is 23.5 Å². The van der Waals surface area contributed by atoms with E-state index in [-0.39, 0.29) is 5.28 Å². The van der Waals surface area contributed by atoms with Gasteiger partial charge in [0.2, 0.25) is 17.2 Å². The van der Waals surface area contributed by atoms with Crippen LogP contribution in [0.2, 0.25) is 5.28 Å². The summed E-state index contributed by atoms with van der Waals surface area (Å²) < 4.78 is 5.49. The van der Waals surface area contributed by atoms with Crippen molar-refractivity contribution in [3.63, 3.8) is 0 Å². The Morgan fingerprint density at radius 2 is 1.79 bits per heavy atom. The van der Waals surface area contributed by atoms with Crippen LogP contribution >= 0.6 is 11.6 Å². The molecular weight excluding hydrogens is 266 g/mol. The standard InChI is InChI=1S/C12H22ClN5O/c1-4-14-11-16-10(13)17-12(18-11)15-6-8-19-7-5-9(2)3/h9H,4-8H2,1-3H3,(H2,14,15,16,17,18). The molecule has 1 aromatic heterocycles. The first-order valence-electron chi connectivity index (χ1n) is 6.59. The molecule has 0 aliphatic carbocycles. The number of nitrogens with zero attached hydrogens (tertiary/aromatic N) is 3. The number of nitrogens with one attached hydrogen (secondary N) is 2. The van der Waals surface area contributed by atoms with Crippen LogP contribution in [-0.2, 0) is 4.74 Å². The normalized spacial score (nSPS) is 10.8. The monoisotopic (exact) mass is 287 g/mol. The molecule has 0 amide bonds. The summed E-state index contributed by atoms with van der Waals surface area (Å²) in [5, 5.41) is 6.23. The lowest BCUT2D eigenvalue weighted by Crippen LogP contribution is -2.14. The maximum atomic E-state index is 5.81. The zero-order valence-corrected chi connectivity index (χ0v) is 12.5. The molecule has 0 atom stereocenters. The summed E-state index contributed by atoms with van der Waals surface area (Å²) in [6.45, 7) is 9.09. The van der Waals surface area contributed by atoms with Crippen LogP contribution in [-0.4, -0.2) is 41.3 Å². The summed E-state index contributed by atoms with van der Waals surface area (Å²) in [4.78, 5) is 12.1. The van der Waals surface area contributed by atoms with Crippen LogP contribution in [0.3, 0.4) is 0 Å². The van der Waals surface area contributed by atoms with Crippen molar-refractivity contribution in [2.75, 3.05) is 36.9 Å². The second-order valence-electron chi connectivity index (χ2n) is 4.50. The minimum atomic E-state index is 0.175. The highest BCUT2D eigenvalue weighted by molar-refractivity contribution is 6.28. The number of ether oxygens (including phenoxy) is 1. The Morgan fingerprint density at radius 3 is 2.42 bits per heavy atom. The van der Waals surface area contributed by atoms with E-state index >= 15 is 0 Å². The van der Waals surface area contributed by atoms with E-state index in [1.54, 1.807) is 0 Å². The average Bonchev–Trinajstić information content (AvgIpc) is 2.33. The highest BCUT2D eigenvalue weighted by Gasteiger charge is 2.03. The van der Waals surface area contributed by atoms with Crippen molar-refractivity contribution in [1.29, 1.82) is 0 Å². The molecule has 0 bridgehead atoms. The van der Waals surface area contributed by atoms with E-state index in [0.717, 1.165) is 19.6 Å². The third kappa shape index (κ3) is 7.12. The molecule has 0 saturated carbocycles. The number of anilines is 2. The lowest BCUT2D eigenvalue weighted by molar-refractivity contribution is 0.132. The zero-order chi connectivity index (χ0) is 14.1. The SMILES string of the molecule is CCNc1nc(Cl)nc(NCCOCCC(C)C)n1. The predicted octanol–water partition coefficient (Wildman–Crippen LogP) is 2.43. The van der Waals surface area contributed by atoms with Crippen LogP contribution in [0, 0.1) is 5.92 Å². The van der Waals surface area contributed by atoms with Crippen molar-refractivity contribution in [2.24, 2.45) is 5.92 Å². The molecule has 2 N–H and O–H groups in total. The van der Waals surface area contributed by atoms with Crippen molar-refractivity contribution in [1.82, 2.24) is 15.0 Å². The number of hydrogen-bond donors (Lipinski definition) is 2. The molecular formula is C12H22ClN5O. The quantitative estimate of drug-likeness (QED) is 0.680. The van der Waals surface area contributed by atoms with E-state index in [4.69, 9.17) is 16.3 Å². The summed E-state index contributed by atoms with van der Waals surface area (Å²) in [6, 6.07) is 0. The maximum Gasteiger partial charge on any atom is 0.228 e. The first kappa shape index (κ1) is 15.9. The fraction of sp³-hybridized carbons (Fsp3) is 0.750. The Kier molecular flexibility index (Phi) is 7.43. The highest BCUT2D eigenvalue weighted by atomic mass is 35.5. The van der Waals surface area contributed by atoms with Crippen LogP contribution in [0.15, 0.2) is 0 Å². The van der Waals surface area contributed by atoms with Crippen LogP contribution in [0.25, 0.3) is 0 Å². The lowest BCUT2D eigenvalue weighted by atomic mass is 10.1. The Labute approximate surface area is 119 Å². The van der Waals surface area contributed by atoms with Gasteiger partial charge in [0.05, 0.1) is 6.61 Å². The molecule has 0 fully saturated rings.